The number of aromatic nitrogens is 2. The van der Waals surface area contributed by atoms with Gasteiger partial charge in [-0.1, -0.05) is 11.6 Å². The Kier molecular flexibility index (Phi) is 5.07. The average Bonchev–Trinajstić information content (AvgIpc) is 3.19. The molecule has 2 N–H and O–H groups in total. The number of ether oxygens (including phenoxy) is 1. The lowest BCUT2D eigenvalue weighted by atomic mass is 10.0. The van der Waals surface area contributed by atoms with Gasteiger partial charge >= 0.3 is 0 Å². The zero-order valence-corrected chi connectivity index (χ0v) is 16.8. The van der Waals surface area contributed by atoms with Crippen molar-refractivity contribution in [3.05, 3.63) is 41.2 Å². The Morgan fingerprint density at radius 3 is 2.57 bits per heavy atom. The Balaban J connectivity index is 1.46. The van der Waals surface area contributed by atoms with Gasteiger partial charge in [-0.2, -0.15) is 5.10 Å². The van der Waals surface area contributed by atoms with Crippen molar-refractivity contribution in [3.8, 4) is 0 Å². The number of hydrogen-bond acceptors (Lipinski definition) is 5. The van der Waals surface area contributed by atoms with E-state index in [2.05, 4.69) is 15.1 Å². The fraction of sp³-hybridized carbons (Fsp3) is 0.444. The van der Waals surface area contributed by atoms with Crippen molar-refractivity contribution in [2.75, 3.05) is 16.3 Å². The van der Waals surface area contributed by atoms with Crippen LogP contribution in [0.25, 0.3) is 0 Å². The van der Waals surface area contributed by atoms with Crippen LogP contribution >= 0.6 is 11.6 Å². The molecule has 2 unspecified atom stereocenters. The largest absolute Gasteiger partial charge is 0.375 e. The van der Waals surface area contributed by atoms with Gasteiger partial charge in [0.1, 0.15) is 0 Å². The minimum atomic E-state index is -3.45. The highest BCUT2D eigenvalue weighted by atomic mass is 35.5. The van der Waals surface area contributed by atoms with Crippen LogP contribution in [0, 0.1) is 0 Å². The van der Waals surface area contributed by atoms with Gasteiger partial charge in [-0.05, 0) is 43.9 Å². The predicted octanol–water partition coefficient (Wildman–Crippen LogP) is 3.04. The summed E-state index contributed by atoms with van der Waals surface area (Å²) in [6, 6.07) is 4.76. The first-order valence-corrected chi connectivity index (χ1v) is 11.3. The molecule has 2 bridgehead atoms. The standard InChI is InChI=1S/C18H21ClN4O4S/c1-28(25,26)22-14-5-12(19)4-13(6-14)21-18(24)11-9-20-23(10-11)15-7-16-2-3-17(8-15)27-16/h4-6,9-10,15-17,22H,2-3,7-8H2,1H3,(H,21,24). The van der Waals surface area contributed by atoms with Crippen molar-refractivity contribution >= 4 is 38.9 Å². The summed E-state index contributed by atoms with van der Waals surface area (Å²) in [7, 11) is -3.45. The van der Waals surface area contributed by atoms with Crippen molar-refractivity contribution < 1.29 is 17.9 Å². The van der Waals surface area contributed by atoms with E-state index in [-0.39, 0.29) is 29.8 Å². The quantitative estimate of drug-likeness (QED) is 0.767. The maximum atomic E-state index is 12.6. The van der Waals surface area contributed by atoms with E-state index in [9.17, 15) is 13.2 Å². The molecule has 3 heterocycles. The Labute approximate surface area is 168 Å². The molecule has 2 aliphatic heterocycles. The third-order valence-corrected chi connectivity index (χ3v) is 5.79. The minimum Gasteiger partial charge on any atom is -0.375 e. The number of nitrogens with one attached hydrogen (secondary N) is 2. The van der Waals surface area contributed by atoms with Crippen LogP contribution in [0.3, 0.4) is 0 Å². The minimum absolute atomic E-state index is 0.240. The first-order chi connectivity index (χ1) is 13.2. The van der Waals surface area contributed by atoms with Gasteiger partial charge in [0.15, 0.2) is 0 Å². The number of anilines is 2. The number of rotatable bonds is 5. The van der Waals surface area contributed by atoms with E-state index in [1.807, 2.05) is 4.68 Å². The highest BCUT2D eigenvalue weighted by Gasteiger charge is 2.36. The fourth-order valence-electron chi connectivity index (χ4n) is 3.84. The number of halogens is 1. The summed E-state index contributed by atoms with van der Waals surface area (Å²) in [5.74, 6) is -0.339. The van der Waals surface area contributed by atoms with Crippen molar-refractivity contribution in [2.24, 2.45) is 0 Å². The lowest BCUT2D eigenvalue weighted by Crippen LogP contribution is -2.27. The van der Waals surface area contributed by atoms with Crippen LogP contribution in [0.4, 0.5) is 11.4 Å². The van der Waals surface area contributed by atoms with Gasteiger partial charge in [-0.3, -0.25) is 14.2 Å². The first-order valence-electron chi connectivity index (χ1n) is 9.04. The number of fused-ring (bicyclic) bond motifs is 2. The van der Waals surface area contributed by atoms with Crippen molar-refractivity contribution in [3.63, 3.8) is 0 Å². The van der Waals surface area contributed by atoms with E-state index in [0.29, 0.717) is 16.3 Å². The maximum Gasteiger partial charge on any atom is 0.258 e. The fourth-order valence-corrected chi connectivity index (χ4v) is 4.62. The van der Waals surface area contributed by atoms with E-state index in [1.54, 1.807) is 12.3 Å². The summed E-state index contributed by atoms with van der Waals surface area (Å²) >= 11 is 6.03. The number of benzene rings is 1. The molecule has 2 atom stereocenters. The van der Waals surface area contributed by atoms with Crippen LogP contribution in [-0.2, 0) is 14.8 Å². The molecule has 1 aromatic carbocycles. The smallest absolute Gasteiger partial charge is 0.258 e. The van der Waals surface area contributed by atoms with E-state index in [1.165, 1.54) is 18.3 Å². The van der Waals surface area contributed by atoms with Crippen LogP contribution in [0.2, 0.25) is 5.02 Å². The Bertz CT molecular complexity index is 995. The van der Waals surface area contributed by atoms with Crippen LogP contribution in [0.5, 0.6) is 0 Å². The van der Waals surface area contributed by atoms with Crippen LogP contribution in [-0.4, -0.2) is 42.6 Å². The Hall–Kier alpha value is -2.10. The third kappa shape index (κ3) is 4.48. The summed E-state index contributed by atoms with van der Waals surface area (Å²) < 4.78 is 32.9. The number of amides is 1. The summed E-state index contributed by atoms with van der Waals surface area (Å²) in [4.78, 5) is 12.6. The lowest BCUT2D eigenvalue weighted by molar-refractivity contribution is -0.0181. The van der Waals surface area contributed by atoms with Gasteiger partial charge in [0, 0.05) is 16.9 Å². The van der Waals surface area contributed by atoms with Gasteiger partial charge in [0.25, 0.3) is 5.91 Å². The van der Waals surface area contributed by atoms with E-state index in [0.717, 1.165) is 31.9 Å². The number of sulfonamides is 1. The Morgan fingerprint density at radius 1 is 1.21 bits per heavy atom. The molecule has 2 aliphatic rings. The second kappa shape index (κ2) is 7.38. The first kappa shape index (κ1) is 19.2. The molecule has 150 valence electrons. The normalized spacial score (nSPS) is 24.1. The summed E-state index contributed by atoms with van der Waals surface area (Å²) in [5.41, 5.74) is 1.09. The molecule has 0 saturated carbocycles. The zero-order chi connectivity index (χ0) is 19.9. The van der Waals surface area contributed by atoms with Crippen LogP contribution in [0.15, 0.2) is 30.6 Å². The molecule has 4 rings (SSSR count). The Morgan fingerprint density at radius 2 is 1.89 bits per heavy atom. The second-order valence-corrected chi connectivity index (χ2v) is 9.53. The van der Waals surface area contributed by atoms with Gasteiger partial charge in [-0.15, -0.1) is 0 Å². The molecule has 0 spiro atoms. The van der Waals surface area contributed by atoms with Crippen molar-refractivity contribution in [2.45, 2.75) is 43.9 Å². The molecule has 2 aromatic rings. The number of carbonyl (C=O) groups is 1. The van der Waals surface area contributed by atoms with Crippen molar-refractivity contribution in [1.29, 1.82) is 0 Å². The highest BCUT2D eigenvalue weighted by molar-refractivity contribution is 7.92. The number of nitrogens with zero attached hydrogens (tertiary/aromatic N) is 2. The summed E-state index contributed by atoms with van der Waals surface area (Å²) in [6.45, 7) is 0. The van der Waals surface area contributed by atoms with E-state index >= 15 is 0 Å². The molecule has 0 radical (unpaired) electrons. The molecule has 2 saturated heterocycles. The third-order valence-electron chi connectivity index (χ3n) is 4.96. The topological polar surface area (TPSA) is 102 Å². The molecule has 28 heavy (non-hydrogen) atoms. The molecule has 0 aliphatic carbocycles. The van der Waals surface area contributed by atoms with Gasteiger partial charge in [-0.25, -0.2) is 8.42 Å². The molecule has 1 aromatic heterocycles. The van der Waals surface area contributed by atoms with Gasteiger partial charge in [0.05, 0.1) is 42.0 Å². The van der Waals surface area contributed by atoms with E-state index in [4.69, 9.17) is 16.3 Å². The molecule has 10 heteroatoms. The molecular weight excluding hydrogens is 404 g/mol. The molecular formula is C18H21ClN4O4S. The summed E-state index contributed by atoms with van der Waals surface area (Å²) in [6.07, 6.45) is 8.90. The zero-order valence-electron chi connectivity index (χ0n) is 15.3. The van der Waals surface area contributed by atoms with Gasteiger partial charge < -0.3 is 10.1 Å². The highest BCUT2D eigenvalue weighted by Crippen LogP contribution is 2.38. The van der Waals surface area contributed by atoms with Crippen molar-refractivity contribution in [1.82, 2.24) is 9.78 Å². The number of carbonyl (C=O) groups excluding carboxylic acids is 1. The van der Waals surface area contributed by atoms with E-state index < -0.39 is 10.0 Å². The monoisotopic (exact) mass is 424 g/mol. The molecule has 1 amide bonds. The lowest BCUT2D eigenvalue weighted by Gasteiger charge is -2.28. The van der Waals surface area contributed by atoms with Crippen LogP contribution < -0.4 is 10.0 Å². The SMILES string of the molecule is CS(=O)(=O)Nc1cc(Cl)cc(NC(=O)c2cnn(C3CC4CCC(C3)O4)c2)c1. The predicted molar refractivity (Wildman–Crippen MR) is 106 cm³/mol. The summed E-state index contributed by atoms with van der Waals surface area (Å²) in [5, 5.41) is 7.40. The molecule has 2 fully saturated rings. The maximum absolute atomic E-state index is 12.6. The average molecular weight is 425 g/mol. The molecule has 8 nitrogen and oxygen atoms in total. The van der Waals surface area contributed by atoms with Gasteiger partial charge in [0.2, 0.25) is 10.0 Å². The second-order valence-electron chi connectivity index (χ2n) is 7.35. The van der Waals surface area contributed by atoms with Crippen LogP contribution in [0.1, 0.15) is 42.1 Å². The number of hydrogen-bond donors (Lipinski definition) is 2.